The van der Waals surface area contributed by atoms with Gasteiger partial charge in [0.25, 0.3) is 0 Å². The fraction of sp³-hybridized carbons (Fsp3) is 0.545. The molecule has 2 N–H and O–H groups in total. The summed E-state index contributed by atoms with van der Waals surface area (Å²) in [6.45, 7) is 8.66. The average Bonchev–Trinajstić information content (AvgIpc) is 2.74. The van der Waals surface area contributed by atoms with Crippen LogP contribution in [0.15, 0.2) is 46.8 Å². The van der Waals surface area contributed by atoms with Crippen LogP contribution >= 0.6 is 0 Å². The van der Waals surface area contributed by atoms with Crippen LogP contribution < -0.4 is 9.88 Å². The minimum Gasteiger partial charge on any atom is -0.495 e. The monoisotopic (exact) mass is 440 g/mol. The zero-order valence-corrected chi connectivity index (χ0v) is 19.6. The summed E-state index contributed by atoms with van der Waals surface area (Å²) in [7, 11) is -0.401. The van der Waals surface area contributed by atoms with Crippen molar-refractivity contribution < 1.29 is 22.6 Å². The number of allylic oxidation sites excluding steroid dienone is 3. The molecule has 0 fully saturated rings. The second-order valence-electron chi connectivity index (χ2n) is 6.59. The van der Waals surface area contributed by atoms with E-state index in [9.17, 15) is 8.42 Å². The molecule has 0 aliphatic heterocycles. The molecule has 0 unspecified atom stereocenters. The number of ether oxygens (including phenoxy) is 3. The standard InChI is InChI=1S/C20H30N2O5S.C2H6/c1-4-26-17-7-5-6-8-18(17)27-14-13-22(2)12-11-16-9-10-19(25-3)20(15-16)28(21,23)24;1-2/h6,8-10,15H,4-5,7,11-14H2,1-3H3,(H2,21,23,24);1-2H3. The Kier molecular flexibility index (Phi) is 11.5. The minimum atomic E-state index is -3.83. The molecule has 0 atom stereocenters. The number of hydrogen-bond donors (Lipinski definition) is 1. The summed E-state index contributed by atoms with van der Waals surface area (Å²) in [6.07, 6.45) is 6.61. The number of nitrogens with zero attached hydrogens (tertiary/aromatic N) is 1. The molecule has 1 aromatic carbocycles. The number of likely N-dealkylation sites (N-methyl/N-ethyl adjacent to an activating group) is 1. The van der Waals surface area contributed by atoms with Gasteiger partial charge in [-0.3, -0.25) is 0 Å². The molecule has 0 saturated heterocycles. The van der Waals surface area contributed by atoms with Crippen molar-refractivity contribution in [1.82, 2.24) is 4.90 Å². The molecule has 30 heavy (non-hydrogen) atoms. The van der Waals surface area contributed by atoms with Gasteiger partial charge >= 0.3 is 0 Å². The van der Waals surface area contributed by atoms with Crippen LogP contribution in [0.2, 0.25) is 0 Å². The molecule has 0 bridgehead atoms. The zero-order chi connectivity index (χ0) is 22.6. The van der Waals surface area contributed by atoms with Crippen molar-refractivity contribution in [2.75, 3.05) is 40.5 Å². The lowest BCUT2D eigenvalue weighted by Crippen LogP contribution is -2.25. The highest BCUT2D eigenvalue weighted by Crippen LogP contribution is 2.24. The van der Waals surface area contributed by atoms with E-state index in [1.807, 2.05) is 40.0 Å². The van der Waals surface area contributed by atoms with Crippen LogP contribution in [0.1, 0.15) is 39.2 Å². The zero-order valence-electron chi connectivity index (χ0n) is 18.8. The molecule has 1 aliphatic rings. The number of rotatable bonds is 11. The molecule has 0 heterocycles. The Bertz CT molecular complexity index is 819. The summed E-state index contributed by atoms with van der Waals surface area (Å²) in [5.41, 5.74) is 0.883. The molecule has 170 valence electrons. The van der Waals surface area contributed by atoms with Crippen molar-refractivity contribution in [3.8, 4) is 5.75 Å². The first-order valence-corrected chi connectivity index (χ1v) is 11.9. The number of hydrogen-bond acceptors (Lipinski definition) is 6. The fourth-order valence-electron chi connectivity index (χ4n) is 2.91. The summed E-state index contributed by atoms with van der Waals surface area (Å²) in [6, 6.07) is 5.06. The summed E-state index contributed by atoms with van der Waals surface area (Å²) >= 11 is 0. The largest absolute Gasteiger partial charge is 0.495 e. The molecule has 1 aromatic rings. The van der Waals surface area contributed by atoms with Crippen LogP contribution in [0.4, 0.5) is 0 Å². The van der Waals surface area contributed by atoms with E-state index in [2.05, 4.69) is 11.0 Å². The van der Waals surface area contributed by atoms with E-state index < -0.39 is 10.0 Å². The minimum absolute atomic E-state index is 0.0120. The second-order valence-corrected chi connectivity index (χ2v) is 8.12. The summed E-state index contributed by atoms with van der Waals surface area (Å²) < 4.78 is 40.0. The Morgan fingerprint density at radius 2 is 1.90 bits per heavy atom. The van der Waals surface area contributed by atoms with Gasteiger partial charge in [0, 0.05) is 19.5 Å². The van der Waals surface area contributed by atoms with E-state index in [0.717, 1.165) is 43.0 Å². The molecule has 2 rings (SSSR count). The molecule has 0 saturated carbocycles. The molecule has 0 radical (unpaired) electrons. The van der Waals surface area contributed by atoms with Crippen LogP contribution in [0.25, 0.3) is 0 Å². The van der Waals surface area contributed by atoms with Gasteiger partial charge in [-0.15, -0.1) is 0 Å². The van der Waals surface area contributed by atoms with Gasteiger partial charge in [-0.2, -0.15) is 0 Å². The van der Waals surface area contributed by atoms with Crippen molar-refractivity contribution >= 4 is 10.0 Å². The summed E-state index contributed by atoms with van der Waals surface area (Å²) in [5, 5.41) is 5.27. The molecular formula is C22H36N2O5S. The third-order valence-corrected chi connectivity index (χ3v) is 5.38. The van der Waals surface area contributed by atoms with E-state index in [1.54, 1.807) is 12.1 Å². The highest BCUT2D eigenvalue weighted by atomic mass is 32.2. The normalized spacial score (nSPS) is 13.7. The molecule has 0 aromatic heterocycles. The van der Waals surface area contributed by atoms with E-state index >= 15 is 0 Å². The quantitative estimate of drug-likeness (QED) is 0.567. The number of benzene rings is 1. The van der Waals surface area contributed by atoms with E-state index in [0.29, 0.717) is 19.6 Å². The first-order chi connectivity index (χ1) is 14.3. The van der Waals surface area contributed by atoms with Gasteiger partial charge in [-0.25, -0.2) is 13.6 Å². The number of sulfonamides is 1. The Balaban J connectivity index is 0.00000218. The Hall–Kier alpha value is -2.03. The summed E-state index contributed by atoms with van der Waals surface area (Å²) in [5.74, 6) is 1.99. The first kappa shape index (κ1) is 26.0. The topological polar surface area (TPSA) is 91.1 Å². The molecule has 0 spiro atoms. The maximum absolute atomic E-state index is 11.7. The smallest absolute Gasteiger partial charge is 0.241 e. The summed E-state index contributed by atoms with van der Waals surface area (Å²) in [4.78, 5) is 2.15. The van der Waals surface area contributed by atoms with Crippen LogP contribution in [0, 0.1) is 0 Å². The van der Waals surface area contributed by atoms with Gasteiger partial charge in [0.1, 0.15) is 23.0 Å². The van der Waals surface area contributed by atoms with Crippen molar-refractivity contribution in [3.63, 3.8) is 0 Å². The van der Waals surface area contributed by atoms with Gasteiger partial charge in [0.15, 0.2) is 5.76 Å². The number of nitrogens with two attached hydrogens (primary N) is 1. The first-order valence-electron chi connectivity index (χ1n) is 10.4. The third-order valence-electron chi connectivity index (χ3n) is 4.45. The van der Waals surface area contributed by atoms with Gasteiger partial charge < -0.3 is 19.1 Å². The highest BCUT2D eigenvalue weighted by molar-refractivity contribution is 7.89. The predicted molar refractivity (Wildman–Crippen MR) is 120 cm³/mol. The molecule has 8 heteroatoms. The second kappa shape index (κ2) is 13.3. The average molecular weight is 441 g/mol. The van der Waals surface area contributed by atoms with Gasteiger partial charge in [0.05, 0.1) is 13.7 Å². The number of methoxy groups -OCH3 is 1. The maximum Gasteiger partial charge on any atom is 0.241 e. The van der Waals surface area contributed by atoms with Crippen LogP contribution in [-0.2, 0) is 25.9 Å². The maximum atomic E-state index is 11.7. The molecule has 1 aliphatic carbocycles. The van der Waals surface area contributed by atoms with Crippen LogP contribution in [-0.4, -0.2) is 53.8 Å². The van der Waals surface area contributed by atoms with Crippen molar-refractivity contribution in [1.29, 1.82) is 0 Å². The van der Waals surface area contributed by atoms with Crippen molar-refractivity contribution in [2.45, 2.75) is 44.9 Å². The van der Waals surface area contributed by atoms with E-state index in [-0.39, 0.29) is 10.6 Å². The predicted octanol–water partition coefficient (Wildman–Crippen LogP) is 3.46. The Morgan fingerprint density at radius 3 is 2.53 bits per heavy atom. The van der Waals surface area contributed by atoms with Crippen LogP contribution in [0.5, 0.6) is 5.75 Å². The SMILES string of the molecule is CC.CCOC1=C(OCCN(C)CCc2ccc(OC)c(S(N)(=O)=O)c2)C=CCC1. The van der Waals surface area contributed by atoms with Crippen LogP contribution in [0.3, 0.4) is 0 Å². The highest BCUT2D eigenvalue weighted by Gasteiger charge is 2.16. The Labute approximate surface area is 181 Å². The van der Waals surface area contributed by atoms with Gasteiger partial charge in [-0.1, -0.05) is 26.0 Å². The third kappa shape index (κ3) is 8.38. The molecular weight excluding hydrogens is 404 g/mol. The fourth-order valence-corrected chi connectivity index (χ4v) is 3.66. The van der Waals surface area contributed by atoms with Crippen molar-refractivity contribution in [2.24, 2.45) is 5.14 Å². The van der Waals surface area contributed by atoms with Gasteiger partial charge in [0.2, 0.25) is 10.0 Å². The Morgan fingerprint density at radius 1 is 1.17 bits per heavy atom. The lowest BCUT2D eigenvalue weighted by atomic mass is 10.1. The number of primary sulfonamides is 1. The van der Waals surface area contributed by atoms with E-state index in [4.69, 9.17) is 19.3 Å². The van der Waals surface area contributed by atoms with Crippen molar-refractivity contribution in [3.05, 3.63) is 47.4 Å². The lowest BCUT2D eigenvalue weighted by molar-refractivity contribution is 0.143. The van der Waals surface area contributed by atoms with Gasteiger partial charge in [-0.05, 0) is 50.6 Å². The lowest BCUT2D eigenvalue weighted by Gasteiger charge is -2.20. The van der Waals surface area contributed by atoms with E-state index in [1.165, 1.54) is 7.11 Å². The molecule has 0 amide bonds. The molecule has 7 nitrogen and oxygen atoms in total.